The maximum absolute atomic E-state index is 12.4. The Morgan fingerprint density at radius 3 is 2.89 bits per heavy atom. The molecule has 1 saturated heterocycles. The molecule has 0 aromatic rings. The summed E-state index contributed by atoms with van der Waals surface area (Å²) in [6, 6.07) is 0. The molecule has 1 unspecified atom stereocenters. The van der Waals surface area contributed by atoms with Crippen LogP contribution in [-0.2, 0) is 9.59 Å². The lowest BCUT2D eigenvalue weighted by atomic mass is 9.91. The van der Waals surface area contributed by atoms with E-state index in [2.05, 4.69) is 11.2 Å². The summed E-state index contributed by atoms with van der Waals surface area (Å²) in [7, 11) is 0. The number of terminal acetylenes is 1. The largest absolute Gasteiger partial charge is 0.340 e. The molecule has 4 nitrogen and oxygen atoms in total. The minimum Gasteiger partial charge on any atom is -0.340 e. The molecule has 0 radical (unpaired) electrons. The Kier molecular flexibility index (Phi) is 3.86. The summed E-state index contributed by atoms with van der Waals surface area (Å²) in [5.41, 5.74) is -0.674. The number of amides is 2. The van der Waals surface area contributed by atoms with Crippen molar-refractivity contribution in [2.24, 2.45) is 5.92 Å². The molecule has 0 bridgehead atoms. The molecular weight excluding hydrogens is 248 g/mol. The molecule has 0 aromatic heterocycles. The Balaban J connectivity index is 1.95. The van der Waals surface area contributed by atoms with Crippen molar-refractivity contribution in [2.45, 2.75) is 25.3 Å². The average Bonchev–Trinajstić information content (AvgIpc) is 3.14. The summed E-state index contributed by atoms with van der Waals surface area (Å²) in [5.74, 6) is 4.30. The van der Waals surface area contributed by atoms with E-state index >= 15 is 0 Å². The zero-order valence-electron chi connectivity index (χ0n) is 10.6. The van der Waals surface area contributed by atoms with Gasteiger partial charge in [-0.05, 0) is 25.7 Å². The molecule has 2 fully saturated rings. The van der Waals surface area contributed by atoms with Crippen molar-refractivity contribution in [3.05, 3.63) is 0 Å². The third kappa shape index (κ3) is 2.64. The number of hydrogen-bond donors (Lipinski definition) is 1. The highest BCUT2D eigenvalue weighted by Crippen LogP contribution is 2.41. The maximum atomic E-state index is 12.4. The van der Waals surface area contributed by atoms with Crippen LogP contribution >= 0.6 is 11.8 Å². The van der Waals surface area contributed by atoms with Gasteiger partial charge in [0.15, 0.2) is 0 Å². The van der Waals surface area contributed by atoms with Gasteiger partial charge in [0.25, 0.3) is 0 Å². The van der Waals surface area contributed by atoms with E-state index in [1.54, 1.807) is 16.7 Å². The number of nitrogens with one attached hydrogen (secondary N) is 1. The van der Waals surface area contributed by atoms with Crippen molar-refractivity contribution < 1.29 is 9.59 Å². The number of nitrogens with zero attached hydrogens (tertiary/aromatic N) is 1. The van der Waals surface area contributed by atoms with E-state index in [1.807, 2.05) is 6.92 Å². The van der Waals surface area contributed by atoms with E-state index in [-0.39, 0.29) is 18.4 Å². The monoisotopic (exact) mass is 266 g/mol. The predicted molar refractivity (Wildman–Crippen MR) is 72.0 cm³/mol. The molecule has 2 amide bonds. The predicted octanol–water partition coefficient (Wildman–Crippen LogP) is 0.480. The number of carbonyl (C=O) groups excluding carboxylic acids is 2. The second-order valence-corrected chi connectivity index (χ2v) is 6.11. The Morgan fingerprint density at radius 2 is 2.28 bits per heavy atom. The molecule has 1 N–H and O–H groups in total. The van der Waals surface area contributed by atoms with Crippen molar-refractivity contribution in [2.75, 3.05) is 24.6 Å². The number of hydrogen-bond acceptors (Lipinski definition) is 3. The van der Waals surface area contributed by atoms with Crippen LogP contribution in [0, 0.1) is 18.3 Å². The molecule has 1 heterocycles. The fourth-order valence-electron chi connectivity index (χ4n) is 2.38. The van der Waals surface area contributed by atoms with E-state index in [1.165, 1.54) is 0 Å². The van der Waals surface area contributed by atoms with Crippen LogP contribution in [0.4, 0.5) is 0 Å². The number of thioether (sulfide) groups is 1. The molecular formula is C13H18N2O2S. The number of carbonyl (C=O) groups is 2. The van der Waals surface area contributed by atoms with Crippen molar-refractivity contribution in [1.82, 2.24) is 10.2 Å². The molecule has 1 aliphatic carbocycles. The highest BCUT2D eigenvalue weighted by Gasteiger charge is 2.52. The fourth-order valence-corrected chi connectivity index (χ4v) is 2.99. The highest BCUT2D eigenvalue weighted by molar-refractivity contribution is 7.99. The first-order chi connectivity index (χ1) is 8.58. The quantitative estimate of drug-likeness (QED) is 0.582. The molecule has 98 valence electrons. The van der Waals surface area contributed by atoms with Gasteiger partial charge in [-0.1, -0.05) is 5.92 Å². The first-order valence-corrected chi connectivity index (χ1v) is 7.35. The molecule has 18 heavy (non-hydrogen) atoms. The molecule has 0 spiro atoms. The van der Waals surface area contributed by atoms with Crippen LogP contribution in [0.1, 0.15) is 19.8 Å². The molecule has 1 saturated carbocycles. The van der Waals surface area contributed by atoms with Crippen LogP contribution in [0.2, 0.25) is 0 Å². The van der Waals surface area contributed by atoms with Crippen LogP contribution in [0.3, 0.4) is 0 Å². The SMILES string of the molecule is C#CCSCCN1CC(=O)NC(C)(C2CC2)C1=O. The van der Waals surface area contributed by atoms with E-state index in [0.717, 1.165) is 18.6 Å². The second kappa shape index (κ2) is 5.23. The van der Waals surface area contributed by atoms with E-state index in [4.69, 9.17) is 6.42 Å². The molecule has 0 aromatic carbocycles. The molecule has 2 aliphatic rings. The average molecular weight is 266 g/mol. The van der Waals surface area contributed by atoms with Gasteiger partial charge < -0.3 is 10.2 Å². The van der Waals surface area contributed by atoms with Gasteiger partial charge in [0.05, 0.1) is 12.3 Å². The standard InChI is InChI=1S/C13H18N2O2S/c1-3-7-18-8-6-15-9-11(16)14-13(2,12(15)17)10-4-5-10/h1,10H,4-9H2,2H3,(H,14,16). The first kappa shape index (κ1) is 13.3. The number of rotatable bonds is 5. The third-order valence-electron chi connectivity index (χ3n) is 3.55. The molecule has 1 aliphatic heterocycles. The molecule has 1 atom stereocenters. The zero-order chi connectivity index (χ0) is 13.2. The van der Waals surface area contributed by atoms with Crippen LogP contribution in [0.25, 0.3) is 0 Å². The summed E-state index contributed by atoms with van der Waals surface area (Å²) < 4.78 is 0. The molecule has 5 heteroatoms. The van der Waals surface area contributed by atoms with Gasteiger partial charge in [0, 0.05) is 12.3 Å². The van der Waals surface area contributed by atoms with Crippen molar-refractivity contribution in [3.8, 4) is 12.3 Å². The van der Waals surface area contributed by atoms with Gasteiger partial charge in [0.1, 0.15) is 5.54 Å². The highest BCUT2D eigenvalue weighted by atomic mass is 32.2. The minimum absolute atomic E-state index is 0.0500. The number of piperazine rings is 1. The van der Waals surface area contributed by atoms with E-state index in [9.17, 15) is 9.59 Å². The van der Waals surface area contributed by atoms with Crippen LogP contribution in [-0.4, -0.2) is 46.8 Å². The lowest BCUT2D eigenvalue weighted by molar-refractivity contribution is -0.149. The van der Waals surface area contributed by atoms with Gasteiger partial charge in [-0.25, -0.2) is 0 Å². The zero-order valence-corrected chi connectivity index (χ0v) is 11.4. The van der Waals surface area contributed by atoms with Crippen LogP contribution in [0.15, 0.2) is 0 Å². The summed E-state index contributed by atoms with van der Waals surface area (Å²) in [4.78, 5) is 25.8. The van der Waals surface area contributed by atoms with Crippen LogP contribution < -0.4 is 5.32 Å². The smallest absolute Gasteiger partial charge is 0.248 e. The molecule has 2 rings (SSSR count). The van der Waals surface area contributed by atoms with E-state index < -0.39 is 5.54 Å². The van der Waals surface area contributed by atoms with E-state index in [0.29, 0.717) is 18.2 Å². The van der Waals surface area contributed by atoms with Crippen molar-refractivity contribution in [3.63, 3.8) is 0 Å². The van der Waals surface area contributed by atoms with Crippen LogP contribution in [0.5, 0.6) is 0 Å². The maximum Gasteiger partial charge on any atom is 0.248 e. The summed E-state index contributed by atoms with van der Waals surface area (Å²) in [6.07, 6.45) is 7.23. The Labute approximate surface area is 112 Å². The topological polar surface area (TPSA) is 49.4 Å². The normalized spacial score (nSPS) is 27.9. The Morgan fingerprint density at radius 1 is 1.56 bits per heavy atom. The Hall–Kier alpha value is -1.15. The van der Waals surface area contributed by atoms with Gasteiger partial charge >= 0.3 is 0 Å². The lowest BCUT2D eigenvalue weighted by Gasteiger charge is -2.40. The van der Waals surface area contributed by atoms with Gasteiger partial charge in [-0.15, -0.1) is 18.2 Å². The summed E-state index contributed by atoms with van der Waals surface area (Å²) in [5, 5.41) is 2.87. The minimum atomic E-state index is -0.674. The van der Waals surface area contributed by atoms with Crippen molar-refractivity contribution >= 4 is 23.6 Å². The van der Waals surface area contributed by atoms with Gasteiger partial charge in [-0.3, -0.25) is 9.59 Å². The first-order valence-electron chi connectivity index (χ1n) is 6.19. The second-order valence-electron chi connectivity index (χ2n) is 5.01. The van der Waals surface area contributed by atoms with Crippen molar-refractivity contribution in [1.29, 1.82) is 0 Å². The summed E-state index contributed by atoms with van der Waals surface area (Å²) in [6.45, 7) is 2.63. The third-order valence-corrected chi connectivity index (χ3v) is 4.39. The van der Waals surface area contributed by atoms with Gasteiger partial charge in [-0.2, -0.15) is 0 Å². The lowest BCUT2D eigenvalue weighted by Crippen LogP contribution is -2.66. The summed E-state index contributed by atoms with van der Waals surface area (Å²) >= 11 is 1.61. The fraction of sp³-hybridized carbons (Fsp3) is 0.692. The van der Waals surface area contributed by atoms with Gasteiger partial charge in [0.2, 0.25) is 11.8 Å². The Bertz CT molecular complexity index is 400.